The number of hydrogen-bond acceptors (Lipinski definition) is 5. The Morgan fingerprint density at radius 2 is 1.90 bits per heavy atom. The van der Waals surface area contributed by atoms with Crippen molar-refractivity contribution in [2.24, 2.45) is 0 Å². The molecular formula is C23H23ClN4O2S. The molecule has 0 fully saturated rings. The van der Waals surface area contributed by atoms with Crippen molar-refractivity contribution >= 4 is 23.8 Å². The predicted octanol–water partition coefficient (Wildman–Crippen LogP) is 5.59. The molecule has 31 heavy (non-hydrogen) atoms. The number of hydrogen-bond donors (Lipinski definition) is 1. The van der Waals surface area contributed by atoms with Gasteiger partial charge in [0, 0.05) is 18.5 Å². The normalized spacial score (nSPS) is 11.2. The number of benzene rings is 2. The molecular weight excluding hydrogens is 432 g/mol. The summed E-state index contributed by atoms with van der Waals surface area (Å²) in [6.45, 7) is 2.61. The van der Waals surface area contributed by atoms with Crippen molar-refractivity contribution in [3.05, 3.63) is 82.0 Å². The molecule has 0 saturated heterocycles. The molecule has 2 heterocycles. The van der Waals surface area contributed by atoms with Gasteiger partial charge in [-0.05, 0) is 35.8 Å². The Morgan fingerprint density at radius 3 is 2.58 bits per heavy atom. The Balaban J connectivity index is 1.64. The van der Waals surface area contributed by atoms with Gasteiger partial charge in [-0.3, -0.25) is 0 Å². The number of rotatable bonds is 8. The van der Waals surface area contributed by atoms with Crippen molar-refractivity contribution in [1.29, 1.82) is 0 Å². The molecule has 4 rings (SSSR count). The Bertz CT molecular complexity index is 1230. The summed E-state index contributed by atoms with van der Waals surface area (Å²) in [6.07, 6.45) is 4.27. The third-order valence-corrected chi connectivity index (χ3v) is 5.81. The highest BCUT2D eigenvalue weighted by atomic mass is 35.5. The van der Waals surface area contributed by atoms with E-state index in [-0.39, 0.29) is 6.61 Å². The summed E-state index contributed by atoms with van der Waals surface area (Å²) < 4.78 is 8.82. The van der Waals surface area contributed by atoms with Crippen LogP contribution in [0.2, 0.25) is 5.15 Å². The van der Waals surface area contributed by atoms with Gasteiger partial charge in [-0.1, -0.05) is 67.4 Å². The quantitative estimate of drug-likeness (QED) is 0.351. The molecule has 0 saturated carbocycles. The van der Waals surface area contributed by atoms with Gasteiger partial charge in [0.15, 0.2) is 5.15 Å². The monoisotopic (exact) mass is 454 g/mol. The van der Waals surface area contributed by atoms with E-state index in [1.54, 1.807) is 4.68 Å². The summed E-state index contributed by atoms with van der Waals surface area (Å²) >= 11 is 11.5. The fraction of sp³-hybridized carbons (Fsp3) is 0.261. The van der Waals surface area contributed by atoms with E-state index in [1.165, 1.54) is 6.39 Å². The van der Waals surface area contributed by atoms with Crippen molar-refractivity contribution in [2.75, 3.05) is 0 Å². The number of imidazole rings is 1. The average molecular weight is 455 g/mol. The third kappa shape index (κ3) is 4.49. The minimum Gasteiger partial charge on any atom is -0.417 e. The van der Waals surface area contributed by atoms with E-state index in [2.05, 4.69) is 41.3 Å². The van der Waals surface area contributed by atoms with Crippen molar-refractivity contribution < 1.29 is 9.52 Å². The molecule has 0 atom stereocenters. The van der Waals surface area contributed by atoms with Crippen LogP contribution in [0, 0.1) is 4.84 Å². The number of nitrogens with zero attached hydrogens (tertiary/aromatic N) is 4. The molecule has 0 unspecified atom stereocenters. The topological polar surface area (TPSA) is 69.0 Å². The van der Waals surface area contributed by atoms with Crippen LogP contribution in [0.3, 0.4) is 0 Å². The maximum atomic E-state index is 9.78. The standard InChI is InChI=1S/C23H23ClN4O2S/c1-2-3-8-21-26-22(24)20(14-29)27(21)13-16-9-11-17(12-10-16)18-6-4-5-7-19(18)28-23(31)30-15-25-28/h4-7,9-12,15,29H,2-3,8,13-14H2,1H3. The second-order valence-corrected chi connectivity index (χ2v) is 7.95. The lowest BCUT2D eigenvalue weighted by Crippen LogP contribution is -2.09. The highest BCUT2D eigenvalue weighted by Crippen LogP contribution is 2.28. The number of aliphatic hydroxyl groups is 1. The zero-order valence-corrected chi connectivity index (χ0v) is 18.7. The Hall–Kier alpha value is -2.74. The molecule has 0 radical (unpaired) electrons. The fourth-order valence-electron chi connectivity index (χ4n) is 3.62. The second-order valence-electron chi connectivity index (χ2n) is 7.24. The number of halogens is 1. The molecule has 2 aromatic heterocycles. The smallest absolute Gasteiger partial charge is 0.291 e. The zero-order chi connectivity index (χ0) is 21.8. The van der Waals surface area contributed by atoms with Crippen LogP contribution in [0.15, 0.2) is 59.3 Å². The maximum Gasteiger partial charge on any atom is 0.291 e. The van der Waals surface area contributed by atoms with Gasteiger partial charge < -0.3 is 14.1 Å². The van der Waals surface area contributed by atoms with Gasteiger partial charge >= 0.3 is 0 Å². The second kappa shape index (κ2) is 9.60. The summed E-state index contributed by atoms with van der Waals surface area (Å²) in [7, 11) is 0. The van der Waals surface area contributed by atoms with E-state index in [0.29, 0.717) is 22.2 Å². The van der Waals surface area contributed by atoms with Crippen molar-refractivity contribution in [2.45, 2.75) is 39.3 Å². The lowest BCUT2D eigenvalue weighted by atomic mass is 10.0. The lowest BCUT2D eigenvalue weighted by molar-refractivity contribution is 0.271. The van der Waals surface area contributed by atoms with Gasteiger partial charge in [0.2, 0.25) is 6.39 Å². The number of para-hydroxylation sites is 1. The molecule has 4 aromatic rings. The molecule has 0 aliphatic rings. The first-order valence-corrected chi connectivity index (χ1v) is 11.0. The Morgan fingerprint density at radius 1 is 1.13 bits per heavy atom. The van der Waals surface area contributed by atoms with Crippen molar-refractivity contribution in [3.8, 4) is 16.8 Å². The summed E-state index contributed by atoms with van der Waals surface area (Å²) in [6, 6.07) is 16.2. The van der Waals surface area contributed by atoms with Crippen molar-refractivity contribution in [3.63, 3.8) is 0 Å². The van der Waals surface area contributed by atoms with Crippen LogP contribution in [-0.4, -0.2) is 24.4 Å². The highest BCUT2D eigenvalue weighted by molar-refractivity contribution is 7.71. The molecule has 2 aromatic carbocycles. The number of aryl methyl sites for hydroxylation is 1. The van der Waals surface area contributed by atoms with Gasteiger partial charge in [-0.25, -0.2) is 4.98 Å². The SMILES string of the molecule is CCCCc1nc(Cl)c(CO)n1Cc1ccc(-c2ccccc2-n2ncoc2=S)cc1. The van der Waals surface area contributed by atoms with Gasteiger partial charge in [-0.15, -0.1) is 5.10 Å². The van der Waals surface area contributed by atoms with Crippen LogP contribution in [0.25, 0.3) is 16.8 Å². The Labute approximate surface area is 190 Å². The highest BCUT2D eigenvalue weighted by Gasteiger charge is 2.15. The average Bonchev–Trinajstić information content (AvgIpc) is 3.35. The van der Waals surface area contributed by atoms with E-state index in [4.69, 9.17) is 28.2 Å². The van der Waals surface area contributed by atoms with Crippen LogP contribution in [0.5, 0.6) is 0 Å². The minimum atomic E-state index is -0.137. The third-order valence-electron chi connectivity index (χ3n) is 5.23. The molecule has 0 amide bonds. The zero-order valence-electron chi connectivity index (χ0n) is 17.2. The van der Waals surface area contributed by atoms with Crippen LogP contribution in [0.4, 0.5) is 0 Å². The first kappa shape index (κ1) is 21.5. The molecule has 160 valence electrons. The number of aliphatic hydroxyl groups excluding tert-OH is 1. The van der Waals surface area contributed by atoms with E-state index in [9.17, 15) is 5.11 Å². The van der Waals surface area contributed by atoms with E-state index < -0.39 is 0 Å². The molecule has 0 bridgehead atoms. The lowest BCUT2D eigenvalue weighted by Gasteiger charge is -2.13. The molecule has 0 aliphatic heterocycles. The Kier molecular flexibility index (Phi) is 6.65. The molecule has 1 N–H and O–H groups in total. The summed E-state index contributed by atoms with van der Waals surface area (Å²) in [5.41, 5.74) is 4.66. The number of aromatic nitrogens is 4. The van der Waals surface area contributed by atoms with Crippen LogP contribution in [-0.2, 0) is 19.6 Å². The maximum absolute atomic E-state index is 9.78. The van der Waals surface area contributed by atoms with Gasteiger partial charge in [0.05, 0.1) is 18.0 Å². The van der Waals surface area contributed by atoms with Crippen LogP contribution in [0.1, 0.15) is 36.8 Å². The fourth-order valence-corrected chi connectivity index (χ4v) is 4.06. The minimum absolute atomic E-state index is 0.137. The summed E-state index contributed by atoms with van der Waals surface area (Å²) in [4.78, 5) is 4.77. The molecule has 6 nitrogen and oxygen atoms in total. The van der Waals surface area contributed by atoms with E-state index in [1.807, 2.05) is 28.8 Å². The predicted molar refractivity (Wildman–Crippen MR) is 123 cm³/mol. The summed E-state index contributed by atoms with van der Waals surface area (Å²) in [5.74, 6) is 0.908. The van der Waals surface area contributed by atoms with Gasteiger partial charge in [-0.2, -0.15) is 4.68 Å². The molecule has 8 heteroatoms. The van der Waals surface area contributed by atoms with Gasteiger partial charge in [0.1, 0.15) is 5.82 Å². The molecule has 0 spiro atoms. The molecule has 0 aliphatic carbocycles. The van der Waals surface area contributed by atoms with E-state index >= 15 is 0 Å². The van der Waals surface area contributed by atoms with Crippen molar-refractivity contribution in [1.82, 2.24) is 19.3 Å². The van der Waals surface area contributed by atoms with Crippen LogP contribution < -0.4 is 0 Å². The first-order valence-electron chi connectivity index (χ1n) is 10.2. The summed E-state index contributed by atoms with van der Waals surface area (Å²) in [5, 5.41) is 14.4. The van der Waals surface area contributed by atoms with Crippen LogP contribution >= 0.6 is 23.8 Å². The first-order chi connectivity index (χ1) is 15.1. The van der Waals surface area contributed by atoms with E-state index in [0.717, 1.165) is 47.5 Å². The number of unbranched alkanes of at least 4 members (excludes halogenated alkanes) is 1. The van der Waals surface area contributed by atoms with Gasteiger partial charge in [0.25, 0.3) is 4.84 Å². The largest absolute Gasteiger partial charge is 0.417 e.